The molecule has 0 radical (unpaired) electrons. The average molecular weight is 395 g/mol. The molecule has 1 saturated heterocycles. The summed E-state index contributed by atoms with van der Waals surface area (Å²) in [4.78, 5) is 18.6. The van der Waals surface area contributed by atoms with Crippen LogP contribution in [0.4, 0.5) is 4.39 Å². The van der Waals surface area contributed by atoms with Crippen LogP contribution in [0.2, 0.25) is 0 Å². The number of aromatic nitrogens is 2. The third kappa shape index (κ3) is 4.45. The van der Waals surface area contributed by atoms with Gasteiger partial charge in [0.1, 0.15) is 11.6 Å². The van der Waals surface area contributed by atoms with Crippen molar-refractivity contribution in [3.8, 4) is 17.2 Å². The van der Waals surface area contributed by atoms with E-state index in [0.717, 1.165) is 11.3 Å². The van der Waals surface area contributed by atoms with Gasteiger partial charge in [0, 0.05) is 31.0 Å². The van der Waals surface area contributed by atoms with E-state index in [1.54, 1.807) is 17.0 Å². The molecule has 0 bridgehead atoms. The predicted octanol–water partition coefficient (Wildman–Crippen LogP) is 4.18. The molecule has 6 nitrogen and oxygen atoms in total. The highest BCUT2D eigenvalue weighted by Crippen LogP contribution is 2.29. The Morgan fingerprint density at radius 3 is 2.76 bits per heavy atom. The van der Waals surface area contributed by atoms with Crippen LogP contribution in [0.25, 0.3) is 11.5 Å². The molecule has 3 aromatic rings. The zero-order valence-corrected chi connectivity index (χ0v) is 16.3. The van der Waals surface area contributed by atoms with Crippen LogP contribution >= 0.6 is 0 Å². The van der Waals surface area contributed by atoms with Gasteiger partial charge in [-0.2, -0.15) is 4.98 Å². The van der Waals surface area contributed by atoms with Gasteiger partial charge in [0.25, 0.3) is 5.89 Å². The van der Waals surface area contributed by atoms with Gasteiger partial charge < -0.3 is 14.2 Å². The van der Waals surface area contributed by atoms with Gasteiger partial charge in [-0.25, -0.2) is 4.39 Å². The summed E-state index contributed by atoms with van der Waals surface area (Å²) in [6, 6.07) is 13.8. The number of carbonyl (C=O) groups excluding carboxylic acids is 1. The molecule has 0 aliphatic carbocycles. The Morgan fingerprint density at radius 1 is 1.24 bits per heavy atom. The lowest BCUT2D eigenvalue weighted by Gasteiger charge is -2.17. The van der Waals surface area contributed by atoms with E-state index in [-0.39, 0.29) is 29.6 Å². The maximum atomic E-state index is 13.4. The zero-order chi connectivity index (χ0) is 20.4. The van der Waals surface area contributed by atoms with Gasteiger partial charge >= 0.3 is 0 Å². The molecule has 1 fully saturated rings. The number of ether oxygens (including phenoxy) is 1. The minimum absolute atomic E-state index is 0.0506. The molecular weight excluding hydrogens is 373 g/mol. The van der Waals surface area contributed by atoms with Gasteiger partial charge in [-0.1, -0.05) is 23.4 Å². The smallest absolute Gasteiger partial charge is 0.258 e. The summed E-state index contributed by atoms with van der Waals surface area (Å²) >= 11 is 0. The van der Waals surface area contributed by atoms with Gasteiger partial charge in [0.2, 0.25) is 5.91 Å². The number of halogens is 1. The second-order valence-electron chi connectivity index (χ2n) is 7.45. The van der Waals surface area contributed by atoms with Crippen molar-refractivity contribution in [2.75, 3.05) is 6.54 Å². The first-order chi connectivity index (χ1) is 14.0. The summed E-state index contributed by atoms with van der Waals surface area (Å²) in [5.74, 6) is 1.08. The Hall–Kier alpha value is -3.22. The Bertz CT molecular complexity index is 1000. The SMILES string of the molecule is CC(C)Oc1ccc(CN2CC(c3noc(-c4cccc(F)c4)n3)CC2=O)cc1. The second kappa shape index (κ2) is 8.03. The van der Waals surface area contributed by atoms with E-state index in [9.17, 15) is 9.18 Å². The molecule has 1 aliphatic heterocycles. The zero-order valence-electron chi connectivity index (χ0n) is 16.3. The number of amides is 1. The molecule has 4 rings (SSSR count). The van der Waals surface area contributed by atoms with Crippen LogP contribution in [0.15, 0.2) is 53.1 Å². The summed E-state index contributed by atoms with van der Waals surface area (Å²) in [7, 11) is 0. The van der Waals surface area contributed by atoms with Crippen molar-refractivity contribution in [1.82, 2.24) is 15.0 Å². The van der Waals surface area contributed by atoms with E-state index in [2.05, 4.69) is 10.1 Å². The predicted molar refractivity (Wildman–Crippen MR) is 105 cm³/mol. The first-order valence-electron chi connectivity index (χ1n) is 9.61. The second-order valence-corrected chi connectivity index (χ2v) is 7.45. The van der Waals surface area contributed by atoms with Crippen molar-refractivity contribution >= 4 is 5.91 Å². The van der Waals surface area contributed by atoms with Crippen molar-refractivity contribution in [1.29, 1.82) is 0 Å². The highest BCUT2D eigenvalue weighted by Gasteiger charge is 2.33. The Labute approximate surface area is 168 Å². The van der Waals surface area contributed by atoms with Crippen LogP contribution in [0.1, 0.15) is 37.6 Å². The number of rotatable bonds is 6. The van der Waals surface area contributed by atoms with E-state index in [1.165, 1.54) is 12.1 Å². The number of hydrogen-bond donors (Lipinski definition) is 0. The third-order valence-corrected chi connectivity index (χ3v) is 4.76. The van der Waals surface area contributed by atoms with Crippen molar-refractivity contribution in [2.45, 2.75) is 38.8 Å². The van der Waals surface area contributed by atoms with Crippen LogP contribution in [0.3, 0.4) is 0 Å². The van der Waals surface area contributed by atoms with Crippen molar-refractivity contribution < 1.29 is 18.4 Å². The van der Waals surface area contributed by atoms with E-state index >= 15 is 0 Å². The minimum Gasteiger partial charge on any atom is -0.491 e. The van der Waals surface area contributed by atoms with Gasteiger partial charge in [-0.3, -0.25) is 4.79 Å². The van der Waals surface area contributed by atoms with Crippen LogP contribution in [0.5, 0.6) is 5.75 Å². The monoisotopic (exact) mass is 395 g/mol. The molecule has 1 unspecified atom stereocenters. The lowest BCUT2D eigenvalue weighted by atomic mass is 10.1. The molecule has 2 aromatic carbocycles. The molecule has 2 heterocycles. The van der Waals surface area contributed by atoms with E-state index in [0.29, 0.717) is 30.9 Å². The minimum atomic E-state index is -0.366. The Kier molecular flexibility index (Phi) is 5.29. The van der Waals surface area contributed by atoms with Crippen LogP contribution in [0, 0.1) is 5.82 Å². The summed E-state index contributed by atoms with van der Waals surface area (Å²) < 4.78 is 24.3. The maximum absolute atomic E-state index is 13.4. The standard InChI is InChI=1S/C22H22FN3O3/c1-14(2)28-19-8-6-15(7-9-19)12-26-13-17(11-20(26)27)21-24-22(29-25-21)16-4-3-5-18(23)10-16/h3-10,14,17H,11-13H2,1-2H3. The largest absolute Gasteiger partial charge is 0.491 e. The molecule has 29 heavy (non-hydrogen) atoms. The Balaban J connectivity index is 1.42. The highest BCUT2D eigenvalue weighted by atomic mass is 19.1. The van der Waals surface area contributed by atoms with Crippen LogP contribution in [-0.2, 0) is 11.3 Å². The van der Waals surface area contributed by atoms with Gasteiger partial charge in [-0.05, 0) is 49.7 Å². The number of nitrogens with zero attached hydrogens (tertiary/aromatic N) is 3. The molecule has 1 atom stereocenters. The molecule has 1 aliphatic rings. The van der Waals surface area contributed by atoms with Gasteiger partial charge in [0.15, 0.2) is 5.82 Å². The molecule has 1 amide bonds. The van der Waals surface area contributed by atoms with Gasteiger partial charge in [-0.15, -0.1) is 0 Å². The number of hydrogen-bond acceptors (Lipinski definition) is 5. The topological polar surface area (TPSA) is 68.5 Å². The number of likely N-dealkylation sites (tertiary alicyclic amines) is 1. The Morgan fingerprint density at radius 2 is 2.03 bits per heavy atom. The number of benzene rings is 2. The molecule has 0 N–H and O–H groups in total. The molecular formula is C22H22FN3O3. The normalized spacial score (nSPS) is 16.6. The van der Waals surface area contributed by atoms with Crippen molar-refractivity contribution in [3.63, 3.8) is 0 Å². The molecule has 7 heteroatoms. The quantitative estimate of drug-likeness (QED) is 0.626. The lowest BCUT2D eigenvalue weighted by molar-refractivity contribution is -0.128. The first-order valence-corrected chi connectivity index (χ1v) is 9.61. The van der Waals surface area contributed by atoms with Crippen LogP contribution < -0.4 is 4.74 Å². The van der Waals surface area contributed by atoms with E-state index in [4.69, 9.17) is 9.26 Å². The number of carbonyl (C=O) groups is 1. The fourth-order valence-corrected chi connectivity index (χ4v) is 3.40. The molecule has 0 spiro atoms. The fraction of sp³-hybridized carbons (Fsp3) is 0.318. The van der Waals surface area contributed by atoms with Gasteiger partial charge in [0.05, 0.1) is 6.10 Å². The maximum Gasteiger partial charge on any atom is 0.258 e. The average Bonchev–Trinajstić information content (AvgIpc) is 3.30. The molecule has 0 saturated carbocycles. The van der Waals surface area contributed by atoms with Crippen molar-refractivity contribution in [3.05, 3.63) is 65.7 Å². The van der Waals surface area contributed by atoms with Crippen molar-refractivity contribution in [2.24, 2.45) is 0 Å². The summed E-state index contributed by atoms with van der Waals surface area (Å²) in [6.07, 6.45) is 0.449. The van der Waals surface area contributed by atoms with E-state index < -0.39 is 0 Å². The van der Waals surface area contributed by atoms with E-state index in [1.807, 2.05) is 38.1 Å². The van der Waals surface area contributed by atoms with Crippen LogP contribution in [-0.4, -0.2) is 33.6 Å². The lowest BCUT2D eigenvalue weighted by Crippen LogP contribution is -2.24. The fourth-order valence-electron chi connectivity index (χ4n) is 3.40. The third-order valence-electron chi connectivity index (χ3n) is 4.76. The summed E-state index contributed by atoms with van der Waals surface area (Å²) in [5, 5.41) is 4.02. The summed E-state index contributed by atoms with van der Waals surface area (Å²) in [6.45, 7) is 5.00. The molecule has 1 aromatic heterocycles. The first kappa shape index (κ1) is 19.1. The highest BCUT2D eigenvalue weighted by molar-refractivity contribution is 5.79. The summed E-state index contributed by atoms with van der Waals surface area (Å²) in [5.41, 5.74) is 1.55. The molecule has 150 valence electrons.